The van der Waals surface area contributed by atoms with Crippen molar-refractivity contribution < 1.29 is 18.2 Å². The van der Waals surface area contributed by atoms with Crippen LogP contribution in [0.1, 0.15) is 0 Å². The van der Waals surface area contributed by atoms with E-state index in [-0.39, 0.29) is 47.7 Å². The van der Waals surface area contributed by atoms with Gasteiger partial charge in [-0.1, -0.05) is 0 Å². The molecule has 0 fully saturated rings. The first kappa shape index (κ1) is 21.4. The summed E-state index contributed by atoms with van der Waals surface area (Å²) in [5.74, 6) is 0. The molecule has 0 N–H and O–H groups in total. The molecule has 0 aliphatic carbocycles. The Morgan fingerprint density at radius 2 is 0.789 bits per heavy atom. The zero-order chi connectivity index (χ0) is 14.9. The maximum atomic E-state index is 15.2. The molecule has 4 nitrogen and oxygen atoms in total. The van der Waals surface area contributed by atoms with E-state index < -0.39 is 18.2 Å². The van der Waals surface area contributed by atoms with Gasteiger partial charge in [0.05, 0.1) is 0 Å². The normalized spacial score (nSPS) is 16.1. The van der Waals surface area contributed by atoms with Crippen LogP contribution in [0.2, 0.25) is 0 Å². The Hall–Kier alpha value is 2.41. The standard InChI is InChI=1S/C8H16Br4F2O4Te/c9-1-5-15-19(13,14,16-6-2-10,17-7-3-11)18-8-4-12/h1-8H2. The SMILES string of the molecule is F[Te](F)(OCCBr)(OCCBr)(OCCBr)OCCBr. The molecule has 0 atom stereocenters. The van der Waals surface area contributed by atoms with Gasteiger partial charge >= 0.3 is 148 Å². The second kappa shape index (κ2) is 8.89. The molecule has 0 saturated carbocycles. The molecule has 0 unspecified atom stereocenters. The van der Waals surface area contributed by atoms with Gasteiger partial charge < -0.3 is 0 Å². The van der Waals surface area contributed by atoms with Crippen molar-refractivity contribution in [3.63, 3.8) is 0 Å². The van der Waals surface area contributed by atoms with Gasteiger partial charge in [-0.15, -0.1) is 0 Å². The number of rotatable bonds is 12. The van der Waals surface area contributed by atoms with E-state index in [4.69, 9.17) is 12.4 Å². The third-order valence-electron chi connectivity index (χ3n) is 1.58. The molecule has 0 saturated heterocycles. The van der Waals surface area contributed by atoms with E-state index in [1.54, 1.807) is 0 Å². The van der Waals surface area contributed by atoms with Crippen molar-refractivity contribution in [3.05, 3.63) is 0 Å². The van der Waals surface area contributed by atoms with E-state index in [1.807, 2.05) is 0 Å². The minimum atomic E-state index is -7.89. The van der Waals surface area contributed by atoms with Crippen molar-refractivity contribution in [1.82, 2.24) is 0 Å². The quantitative estimate of drug-likeness (QED) is 0.235. The van der Waals surface area contributed by atoms with E-state index in [0.717, 1.165) is 0 Å². The van der Waals surface area contributed by atoms with Crippen molar-refractivity contribution in [3.8, 4) is 0 Å². The van der Waals surface area contributed by atoms with Crippen LogP contribution in [0.3, 0.4) is 0 Å². The van der Waals surface area contributed by atoms with Crippen molar-refractivity contribution in [2.45, 2.75) is 0 Å². The number of hydrogen-bond donors (Lipinski definition) is 0. The van der Waals surface area contributed by atoms with Gasteiger partial charge in [0.15, 0.2) is 0 Å². The summed E-state index contributed by atoms with van der Waals surface area (Å²) in [7, 11) is 0. The maximum absolute atomic E-state index is 15.2. The van der Waals surface area contributed by atoms with Crippen LogP contribution in [-0.2, 0) is 12.4 Å². The molecule has 0 aliphatic heterocycles. The summed E-state index contributed by atoms with van der Waals surface area (Å²) in [5.41, 5.74) is 0. The van der Waals surface area contributed by atoms with E-state index >= 15 is 5.78 Å². The van der Waals surface area contributed by atoms with E-state index in [9.17, 15) is 0 Å². The average molecular weight is 661 g/mol. The Morgan fingerprint density at radius 3 is 0.947 bits per heavy atom. The fourth-order valence-electron chi connectivity index (χ4n) is 0.990. The zero-order valence-corrected chi connectivity index (χ0v) is 18.6. The van der Waals surface area contributed by atoms with E-state index in [2.05, 4.69) is 63.7 Å². The second-order valence-corrected chi connectivity index (χ2v) is 14.4. The minimum absolute atomic E-state index is 0.220. The van der Waals surface area contributed by atoms with Gasteiger partial charge in [-0.25, -0.2) is 0 Å². The topological polar surface area (TPSA) is 36.9 Å². The Balaban J connectivity index is 5.26. The fraction of sp³-hybridized carbons (Fsp3) is 1.00. The molecule has 0 amide bonds. The number of halogens is 6. The summed E-state index contributed by atoms with van der Waals surface area (Å²) in [5, 5.41) is 0.880. The van der Waals surface area contributed by atoms with Crippen LogP contribution in [0, 0.1) is 0 Å². The Kier molecular flexibility index (Phi) is 10.0. The van der Waals surface area contributed by atoms with E-state index in [1.165, 1.54) is 0 Å². The molecular weight excluding hydrogens is 645 g/mol. The van der Waals surface area contributed by atoms with Crippen LogP contribution < -0.4 is 0 Å². The average Bonchev–Trinajstić information content (AvgIpc) is 2.41. The van der Waals surface area contributed by atoms with E-state index in [0.29, 0.717) is 0 Å². The van der Waals surface area contributed by atoms with Crippen molar-refractivity contribution in [1.29, 1.82) is 0 Å². The molecule has 19 heavy (non-hydrogen) atoms. The van der Waals surface area contributed by atoms with Gasteiger partial charge in [-0.3, -0.25) is 0 Å². The van der Waals surface area contributed by atoms with Crippen LogP contribution in [0.25, 0.3) is 0 Å². The first-order chi connectivity index (χ1) is 8.80. The number of alkyl halides is 4. The summed E-state index contributed by atoms with van der Waals surface area (Å²) >= 11 is 4.24. The van der Waals surface area contributed by atoms with Crippen LogP contribution in [0.15, 0.2) is 0 Å². The predicted octanol–water partition coefficient (Wildman–Crippen LogP) is 3.91. The molecule has 120 valence electrons. The molecule has 0 rings (SSSR count). The summed E-state index contributed by atoms with van der Waals surface area (Å²) in [6, 6.07) is 0. The molecule has 0 spiro atoms. The zero-order valence-electron chi connectivity index (χ0n) is 9.97. The second-order valence-electron chi connectivity index (χ2n) is 3.01. The van der Waals surface area contributed by atoms with Gasteiger partial charge in [-0.05, 0) is 0 Å². The Bertz CT molecular complexity index is 232. The van der Waals surface area contributed by atoms with Crippen LogP contribution in [0.5, 0.6) is 0 Å². The third kappa shape index (κ3) is 7.48. The first-order valence-corrected chi connectivity index (χ1v) is 15.3. The first-order valence-electron chi connectivity index (χ1n) is 5.20. The van der Waals surface area contributed by atoms with Crippen molar-refractivity contribution in [2.75, 3.05) is 47.7 Å². The third-order valence-corrected chi connectivity index (χ3v) is 10.1. The van der Waals surface area contributed by atoms with Crippen LogP contribution >= 0.6 is 63.7 Å². The molecule has 0 aliphatic rings. The Labute approximate surface area is 146 Å². The van der Waals surface area contributed by atoms with Gasteiger partial charge in [0.1, 0.15) is 0 Å². The molecule has 0 aromatic carbocycles. The monoisotopic (exact) mass is 660 g/mol. The molecule has 0 bridgehead atoms. The molecule has 0 heterocycles. The van der Waals surface area contributed by atoms with Crippen LogP contribution in [-0.4, -0.2) is 66.0 Å². The number of hydrogen-bond acceptors (Lipinski definition) is 4. The fourth-order valence-corrected chi connectivity index (χ4v) is 10.2. The van der Waals surface area contributed by atoms with Crippen molar-refractivity contribution in [2.24, 2.45) is 0 Å². The summed E-state index contributed by atoms with van der Waals surface area (Å²) in [6.45, 7) is -1.09. The van der Waals surface area contributed by atoms with Gasteiger partial charge in [0.25, 0.3) is 0 Å². The molecular formula is C8H16Br4F2O4Te. The van der Waals surface area contributed by atoms with Crippen LogP contribution in [0.4, 0.5) is 5.78 Å². The summed E-state index contributed by atoms with van der Waals surface area (Å²) < 4.78 is 49.3. The van der Waals surface area contributed by atoms with Gasteiger partial charge in [0.2, 0.25) is 0 Å². The van der Waals surface area contributed by atoms with Gasteiger partial charge in [-0.2, -0.15) is 0 Å². The molecule has 0 aromatic heterocycles. The van der Waals surface area contributed by atoms with Gasteiger partial charge in [0, 0.05) is 0 Å². The molecule has 0 radical (unpaired) electrons. The molecule has 0 aromatic rings. The Morgan fingerprint density at radius 1 is 0.579 bits per heavy atom. The molecule has 11 heteroatoms. The predicted molar refractivity (Wildman–Crippen MR) is 87.0 cm³/mol. The summed E-state index contributed by atoms with van der Waals surface area (Å²) in [6.07, 6.45) is 0. The van der Waals surface area contributed by atoms with Crippen molar-refractivity contribution >= 4 is 81.9 Å². The summed E-state index contributed by atoms with van der Waals surface area (Å²) in [4.78, 5) is 0.